The van der Waals surface area contributed by atoms with Crippen molar-refractivity contribution in [1.29, 1.82) is 0 Å². The van der Waals surface area contributed by atoms with Crippen LogP contribution in [0.5, 0.6) is 0 Å². The van der Waals surface area contributed by atoms with Crippen LogP contribution in [0.4, 0.5) is 0 Å². The van der Waals surface area contributed by atoms with Gasteiger partial charge in [-0.2, -0.15) is 0 Å². The summed E-state index contributed by atoms with van der Waals surface area (Å²) in [5.41, 5.74) is 0.606. The second-order valence-corrected chi connectivity index (χ2v) is 3.93. The molecule has 0 bridgehead atoms. The van der Waals surface area contributed by atoms with Gasteiger partial charge in [0.1, 0.15) is 6.54 Å². The van der Waals surface area contributed by atoms with E-state index in [4.69, 9.17) is 28.3 Å². The molecule has 0 aromatic heterocycles. The summed E-state index contributed by atoms with van der Waals surface area (Å²) in [4.78, 5) is 21.5. The normalized spacial score (nSPS) is 9.88. The van der Waals surface area contributed by atoms with Crippen LogP contribution in [0.3, 0.4) is 0 Å². The molecule has 0 saturated heterocycles. The molecule has 2 N–H and O–H groups in total. The molecule has 0 atom stereocenters. The number of carboxylic acid groups (broad SMARTS) is 1. The summed E-state index contributed by atoms with van der Waals surface area (Å²) in [6.07, 6.45) is 0.0310. The largest absolute Gasteiger partial charge is 0.480 e. The molecule has 4 nitrogen and oxygen atoms in total. The molecule has 86 valence electrons. The number of hydrogen-bond acceptors (Lipinski definition) is 2. The average Bonchev–Trinajstić information content (AvgIpc) is 2.19. The second-order valence-electron chi connectivity index (χ2n) is 3.08. The van der Waals surface area contributed by atoms with E-state index in [-0.39, 0.29) is 6.42 Å². The minimum Gasteiger partial charge on any atom is -0.480 e. The number of hydrogen-bond donors (Lipinski definition) is 2. The summed E-state index contributed by atoms with van der Waals surface area (Å²) in [5, 5.41) is 11.5. The molecule has 0 radical (unpaired) electrons. The Kier molecular flexibility index (Phi) is 4.58. The predicted octanol–water partition coefficient (Wildman–Crippen LogP) is 1.74. The van der Waals surface area contributed by atoms with Gasteiger partial charge in [0.2, 0.25) is 5.91 Å². The minimum absolute atomic E-state index is 0.0310. The zero-order chi connectivity index (χ0) is 12.1. The van der Waals surface area contributed by atoms with Crippen LogP contribution in [0.1, 0.15) is 5.56 Å². The minimum atomic E-state index is -1.09. The highest BCUT2D eigenvalue weighted by Gasteiger charge is 2.08. The Labute approximate surface area is 102 Å². The maximum Gasteiger partial charge on any atom is 0.322 e. The summed E-state index contributed by atoms with van der Waals surface area (Å²) in [6, 6.07) is 4.78. The van der Waals surface area contributed by atoms with Gasteiger partial charge in [-0.3, -0.25) is 9.59 Å². The zero-order valence-corrected chi connectivity index (χ0v) is 9.68. The summed E-state index contributed by atoms with van der Waals surface area (Å²) >= 11 is 11.5. The number of benzene rings is 1. The lowest BCUT2D eigenvalue weighted by Crippen LogP contribution is -2.30. The molecule has 6 heteroatoms. The van der Waals surface area contributed by atoms with Crippen LogP contribution < -0.4 is 5.32 Å². The predicted molar refractivity (Wildman–Crippen MR) is 60.8 cm³/mol. The van der Waals surface area contributed by atoms with Crippen molar-refractivity contribution < 1.29 is 14.7 Å². The Bertz CT molecular complexity index is 421. The third-order valence-electron chi connectivity index (χ3n) is 1.80. The fourth-order valence-electron chi connectivity index (χ4n) is 1.07. The van der Waals surface area contributed by atoms with Crippen LogP contribution in [-0.4, -0.2) is 23.5 Å². The molecular formula is C10H9Cl2NO3. The maximum absolute atomic E-state index is 11.3. The Morgan fingerprint density at radius 1 is 1.31 bits per heavy atom. The molecule has 1 aromatic carbocycles. The van der Waals surface area contributed by atoms with Gasteiger partial charge in [-0.1, -0.05) is 29.3 Å². The summed E-state index contributed by atoms with van der Waals surface area (Å²) in [6.45, 7) is -0.399. The van der Waals surface area contributed by atoms with E-state index in [2.05, 4.69) is 5.32 Å². The van der Waals surface area contributed by atoms with Crippen molar-refractivity contribution in [3.05, 3.63) is 33.8 Å². The Hall–Kier alpha value is -1.26. The highest BCUT2D eigenvalue weighted by molar-refractivity contribution is 6.35. The summed E-state index contributed by atoms with van der Waals surface area (Å²) in [7, 11) is 0. The number of carbonyl (C=O) groups is 2. The van der Waals surface area contributed by atoms with Gasteiger partial charge in [-0.25, -0.2) is 0 Å². The number of nitrogens with one attached hydrogen (secondary N) is 1. The number of halogens is 2. The molecule has 0 saturated carbocycles. The van der Waals surface area contributed by atoms with E-state index >= 15 is 0 Å². The Morgan fingerprint density at radius 2 is 2.00 bits per heavy atom. The lowest BCUT2D eigenvalue weighted by molar-refractivity contribution is -0.137. The third-order valence-corrected chi connectivity index (χ3v) is 2.39. The lowest BCUT2D eigenvalue weighted by atomic mass is 10.1. The molecule has 0 unspecified atom stereocenters. The molecule has 1 rings (SSSR count). The third kappa shape index (κ3) is 4.08. The fraction of sp³-hybridized carbons (Fsp3) is 0.200. The van der Waals surface area contributed by atoms with Crippen LogP contribution in [0.2, 0.25) is 10.0 Å². The first-order valence-electron chi connectivity index (χ1n) is 4.41. The molecular weight excluding hydrogens is 253 g/mol. The van der Waals surface area contributed by atoms with Crippen LogP contribution in [0.25, 0.3) is 0 Å². The summed E-state index contributed by atoms with van der Waals surface area (Å²) < 4.78 is 0. The Balaban J connectivity index is 2.59. The SMILES string of the molecule is O=C(O)CNC(=O)Cc1ccc(Cl)cc1Cl. The van der Waals surface area contributed by atoms with E-state index < -0.39 is 18.4 Å². The Morgan fingerprint density at radius 3 is 2.56 bits per heavy atom. The first kappa shape index (κ1) is 12.8. The lowest BCUT2D eigenvalue weighted by Gasteiger charge is -2.04. The molecule has 0 aliphatic rings. The van der Waals surface area contributed by atoms with Crippen molar-refractivity contribution >= 4 is 35.1 Å². The van der Waals surface area contributed by atoms with Crippen molar-refractivity contribution in [1.82, 2.24) is 5.32 Å². The highest BCUT2D eigenvalue weighted by atomic mass is 35.5. The molecule has 0 aliphatic heterocycles. The zero-order valence-electron chi connectivity index (χ0n) is 8.17. The van der Waals surface area contributed by atoms with E-state index in [0.717, 1.165) is 0 Å². The first-order valence-corrected chi connectivity index (χ1v) is 5.17. The van der Waals surface area contributed by atoms with E-state index in [0.29, 0.717) is 15.6 Å². The monoisotopic (exact) mass is 261 g/mol. The molecule has 0 heterocycles. The number of rotatable bonds is 4. The quantitative estimate of drug-likeness (QED) is 0.868. The van der Waals surface area contributed by atoms with E-state index in [1.165, 1.54) is 6.07 Å². The second kappa shape index (κ2) is 5.72. The molecule has 0 spiro atoms. The first-order chi connectivity index (χ1) is 7.49. The van der Waals surface area contributed by atoms with Gasteiger partial charge in [-0.15, -0.1) is 0 Å². The van der Waals surface area contributed by atoms with Crippen molar-refractivity contribution in [2.75, 3.05) is 6.54 Å². The molecule has 16 heavy (non-hydrogen) atoms. The van der Waals surface area contributed by atoms with E-state index in [9.17, 15) is 9.59 Å². The average molecular weight is 262 g/mol. The van der Waals surface area contributed by atoms with Crippen LogP contribution in [0, 0.1) is 0 Å². The highest BCUT2D eigenvalue weighted by Crippen LogP contribution is 2.21. The van der Waals surface area contributed by atoms with Crippen molar-refractivity contribution in [2.24, 2.45) is 0 Å². The van der Waals surface area contributed by atoms with Gasteiger partial charge in [0.15, 0.2) is 0 Å². The van der Waals surface area contributed by atoms with Gasteiger partial charge in [-0.05, 0) is 17.7 Å². The van der Waals surface area contributed by atoms with Gasteiger partial charge in [0.25, 0.3) is 0 Å². The summed E-state index contributed by atoms with van der Waals surface area (Å²) in [5.74, 6) is -1.48. The number of carbonyl (C=O) groups excluding carboxylic acids is 1. The van der Waals surface area contributed by atoms with Crippen molar-refractivity contribution in [3.8, 4) is 0 Å². The van der Waals surface area contributed by atoms with E-state index in [1.807, 2.05) is 0 Å². The fourth-order valence-corrected chi connectivity index (χ4v) is 1.55. The molecule has 1 amide bonds. The maximum atomic E-state index is 11.3. The number of amides is 1. The molecule has 0 aliphatic carbocycles. The molecule has 1 aromatic rings. The van der Waals surface area contributed by atoms with Crippen molar-refractivity contribution in [3.63, 3.8) is 0 Å². The standard InChI is InChI=1S/C10H9Cl2NO3/c11-7-2-1-6(8(12)4-7)3-9(14)13-5-10(15)16/h1-2,4H,3,5H2,(H,13,14)(H,15,16). The van der Waals surface area contributed by atoms with E-state index in [1.54, 1.807) is 12.1 Å². The topological polar surface area (TPSA) is 66.4 Å². The number of aliphatic carboxylic acids is 1. The van der Waals surface area contributed by atoms with Crippen molar-refractivity contribution in [2.45, 2.75) is 6.42 Å². The van der Waals surface area contributed by atoms with Gasteiger partial charge >= 0.3 is 5.97 Å². The van der Waals surface area contributed by atoms with Gasteiger partial charge < -0.3 is 10.4 Å². The smallest absolute Gasteiger partial charge is 0.322 e. The van der Waals surface area contributed by atoms with Crippen LogP contribution >= 0.6 is 23.2 Å². The molecule has 0 fully saturated rings. The van der Waals surface area contributed by atoms with Crippen LogP contribution in [0.15, 0.2) is 18.2 Å². The van der Waals surface area contributed by atoms with Gasteiger partial charge in [0, 0.05) is 10.0 Å². The van der Waals surface area contributed by atoms with Gasteiger partial charge in [0.05, 0.1) is 6.42 Å². The van der Waals surface area contributed by atoms with Crippen LogP contribution in [-0.2, 0) is 16.0 Å². The number of carboxylic acids is 1.